The Morgan fingerprint density at radius 3 is 2.27 bits per heavy atom. The number of alkyl halides is 3. The lowest BCUT2D eigenvalue weighted by Crippen LogP contribution is -2.54. The highest BCUT2D eigenvalue weighted by atomic mass is 35.5. The van der Waals surface area contributed by atoms with Crippen LogP contribution in [0.3, 0.4) is 0 Å². The number of anilines is 1. The SMILES string of the molecule is CCC(C(=O)NC1CCCCC1)N(Cc1ccccc1Cl)C(=O)CN(c1cccc(C(F)(F)F)c1)S(=O)(=O)c1ccc(C)cc1. The van der Waals surface area contributed by atoms with Gasteiger partial charge in [-0.25, -0.2) is 8.42 Å². The van der Waals surface area contributed by atoms with Gasteiger partial charge < -0.3 is 10.2 Å². The summed E-state index contributed by atoms with van der Waals surface area (Å²) in [5.74, 6) is -1.15. The van der Waals surface area contributed by atoms with E-state index < -0.39 is 40.3 Å². The normalized spacial score (nSPS) is 14.9. The Hall–Kier alpha value is -3.57. The molecule has 12 heteroatoms. The largest absolute Gasteiger partial charge is 0.416 e. The van der Waals surface area contributed by atoms with Crippen LogP contribution in [0.1, 0.15) is 62.1 Å². The molecular formula is C33H37ClF3N3O4S. The van der Waals surface area contributed by atoms with Crippen LogP contribution >= 0.6 is 11.6 Å². The molecule has 1 fully saturated rings. The van der Waals surface area contributed by atoms with E-state index in [1.807, 2.05) is 0 Å². The highest BCUT2D eigenvalue weighted by Gasteiger charge is 2.36. The first kappa shape index (κ1) is 34.3. The topological polar surface area (TPSA) is 86.8 Å². The summed E-state index contributed by atoms with van der Waals surface area (Å²) in [5, 5.41) is 3.40. The predicted molar refractivity (Wildman–Crippen MR) is 168 cm³/mol. The van der Waals surface area contributed by atoms with Crippen molar-refractivity contribution in [2.75, 3.05) is 10.8 Å². The summed E-state index contributed by atoms with van der Waals surface area (Å²) in [6, 6.07) is 15.4. The molecule has 1 atom stereocenters. The molecule has 3 aromatic carbocycles. The Bertz CT molecular complexity index is 1590. The monoisotopic (exact) mass is 663 g/mol. The smallest absolute Gasteiger partial charge is 0.352 e. The summed E-state index contributed by atoms with van der Waals surface area (Å²) in [4.78, 5) is 28.9. The third kappa shape index (κ3) is 8.58. The van der Waals surface area contributed by atoms with E-state index in [9.17, 15) is 31.2 Å². The van der Waals surface area contributed by atoms with Gasteiger partial charge in [0.25, 0.3) is 10.0 Å². The molecule has 1 unspecified atom stereocenters. The van der Waals surface area contributed by atoms with Crippen LogP contribution in [-0.2, 0) is 32.3 Å². The third-order valence-corrected chi connectivity index (χ3v) is 10.1. The fraction of sp³-hybridized carbons (Fsp3) is 0.394. The third-order valence-electron chi connectivity index (χ3n) is 7.99. The summed E-state index contributed by atoms with van der Waals surface area (Å²) < 4.78 is 69.7. The van der Waals surface area contributed by atoms with Crippen LogP contribution in [0, 0.1) is 6.92 Å². The summed E-state index contributed by atoms with van der Waals surface area (Å²) in [5.41, 5.74) is -0.0984. The summed E-state index contributed by atoms with van der Waals surface area (Å²) in [6.45, 7) is 2.54. The molecule has 2 amide bonds. The van der Waals surface area contributed by atoms with Crippen molar-refractivity contribution in [1.82, 2.24) is 10.2 Å². The molecule has 0 aliphatic heterocycles. The Kier molecular flexibility index (Phi) is 11.2. The number of rotatable bonds is 11. The van der Waals surface area contributed by atoms with Gasteiger partial charge in [0.1, 0.15) is 12.6 Å². The first-order chi connectivity index (χ1) is 21.3. The van der Waals surface area contributed by atoms with Gasteiger partial charge in [0.05, 0.1) is 16.1 Å². The van der Waals surface area contributed by atoms with Crippen molar-refractivity contribution in [3.8, 4) is 0 Å². The molecule has 45 heavy (non-hydrogen) atoms. The maximum atomic E-state index is 14.2. The van der Waals surface area contributed by atoms with Crippen molar-refractivity contribution < 1.29 is 31.2 Å². The molecule has 242 valence electrons. The predicted octanol–water partition coefficient (Wildman–Crippen LogP) is 7.12. The van der Waals surface area contributed by atoms with E-state index in [4.69, 9.17) is 11.6 Å². The van der Waals surface area contributed by atoms with Crippen molar-refractivity contribution in [2.45, 2.75) is 82.1 Å². The molecule has 4 rings (SSSR count). The number of nitrogens with zero attached hydrogens (tertiary/aromatic N) is 2. The number of nitrogens with one attached hydrogen (secondary N) is 1. The molecule has 1 N–H and O–H groups in total. The molecular weight excluding hydrogens is 627 g/mol. The van der Waals surface area contributed by atoms with E-state index in [0.29, 0.717) is 21.0 Å². The Balaban J connectivity index is 1.76. The number of carbonyl (C=O) groups excluding carboxylic acids is 2. The van der Waals surface area contributed by atoms with E-state index in [1.54, 1.807) is 50.2 Å². The Morgan fingerprint density at radius 1 is 0.978 bits per heavy atom. The first-order valence-electron chi connectivity index (χ1n) is 14.9. The molecule has 0 aromatic heterocycles. The molecule has 0 bridgehead atoms. The number of sulfonamides is 1. The Morgan fingerprint density at radius 2 is 1.64 bits per heavy atom. The van der Waals surface area contributed by atoms with Crippen molar-refractivity contribution >= 4 is 39.1 Å². The molecule has 1 aliphatic carbocycles. The second-order valence-corrected chi connectivity index (χ2v) is 13.5. The van der Waals surface area contributed by atoms with Crippen molar-refractivity contribution in [2.24, 2.45) is 0 Å². The quantitative estimate of drug-likeness (QED) is 0.237. The lowest BCUT2D eigenvalue weighted by atomic mass is 9.95. The number of hydrogen-bond donors (Lipinski definition) is 1. The zero-order valence-corrected chi connectivity index (χ0v) is 26.8. The standard InChI is InChI=1S/C33H37ClF3N3O4S/c1-3-30(32(42)38-26-12-5-4-6-13-26)39(21-24-10-7-8-15-29(24)34)31(41)22-40(27-14-9-11-25(20-27)33(35,36)37)45(43,44)28-18-16-23(2)17-19-28/h7-11,14-20,26,30H,3-6,12-13,21-22H2,1-2H3,(H,38,42). The van der Waals surface area contributed by atoms with Gasteiger partial charge >= 0.3 is 6.18 Å². The number of aryl methyl sites for hydroxylation is 1. The molecule has 0 heterocycles. The average molecular weight is 664 g/mol. The van der Waals surface area contributed by atoms with Crippen LogP contribution in [-0.4, -0.2) is 43.8 Å². The molecule has 1 aliphatic rings. The van der Waals surface area contributed by atoms with E-state index in [1.165, 1.54) is 23.1 Å². The maximum Gasteiger partial charge on any atom is 0.416 e. The first-order valence-corrected chi connectivity index (χ1v) is 16.7. The van der Waals surface area contributed by atoms with Gasteiger partial charge in [-0.1, -0.05) is 79.7 Å². The highest BCUT2D eigenvalue weighted by Crippen LogP contribution is 2.33. The zero-order valence-electron chi connectivity index (χ0n) is 25.2. The summed E-state index contributed by atoms with van der Waals surface area (Å²) in [7, 11) is -4.53. The number of halogens is 4. The highest BCUT2D eigenvalue weighted by molar-refractivity contribution is 7.92. The van der Waals surface area contributed by atoms with E-state index in [-0.39, 0.29) is 35.5 Å². The van der Waals surface area contributed by atoms with E-state index in [2.05, 4.69) is 5.32 Å². The molecule has 1 saturated carbocycles. The minimum Gasteiger partial charge on any atom is -0.352 e. The molecule has 7 nitrogen and oxygen atoms in total. The van der Waals surface area contributed by atoms with E-state index >= 15 is 0 Å². The lowest BCUT2D eigenvalue weighted by Gasteiger charge is -2.34. The summed E-state index contributed by atoms with van der Waals surface area (Å²) in [6.07, 6.45) is 0.140. The molecule has 0 saturated heterocycles. The van der Waals surface area contributed by atoms with Crippen LogP contribution in [0.4, 0.5) is 18.9 Å². The van der Waals surface area contributed by atoms with Gasteiger partial charge in [0.15, 0.2) is 0 Å². The minimum absolute atomic E-state index is 0.0407. The van der Waals surface area contributed by atoms with Gasteiger partial charge in [0, 0.05) is 17.6 Å². The average Bonchev–Trinajstić information content (AvgIpc) is 3.01. The second-order valence-electron chi connectivity index (χ2n) is 11.3. The number of carbonyl (C=O) groups is 2. The molecule has 0 spiro atoms. The lowest BCUT2D eigenvalue weighted by molar-refractivity contribution is -0.140. The van der Waals surface area contributed by atoms with Crippen molar-refractivity contribution in [3.05, 3.63) is 94.5 Å². The minimum atomic E-state index is -4.75. The fourth-order valence-corrected chi connectivity index (χ4v) is 7.08. The number of hydrogen-bond acceptors (Lipinski definition) is 4. The van der Waals surface area contributed by atoms with Gasteiger partial charge in [-0.3, -0.25) is 13.9 Å². The van der Waals surface area contributed by atoms with Crippen LogP contribution < -0.4 is 9.62 Å². The molecule has 0 radical (unpaired) electrons. The van der Waals surface area contributed by atoms with Crippen LogP contribution in [0.25, 0.3) is 0 Å². The number of benzene rings is 3. The Labute approximate surface area is 267 Å². The van der Waals surface area contributed by atoms with Gasteiger partial charge in [-0.2, -0.15) is 13.2 Å². The van der Waals surface area contributed by atoms with Gasteiger partial charge in [-0.05, 0) is 68.1 Å². The van der Waals surface area contributed by atoms with Crippen LogP contribution in [0.5, 0.6) is 0 Å². The van der Waals surface area contributed by atoms with Crippen LogP contribution in [0.15, 0.2) is 77.7 Å². The van der Waals surface area contributed by atoms with Gasteiger partial charge in [-0.15, -0.1) is 0 Å². The second kappa shape index (κ2) is 14.7. The van der Waals surface area contributed by atoms with Gasteiger partial charge in [0.2, 0.25) is 11.8 Å². The van der Waals surface area contributed by atoms with E-state index in [0.717, 1.165) is 49.8 Å². The number of amides is 2. The van der Waals surface area contributed by atoms with Crippen molar-refractivity contribution in [3.63, 3.8) is 0 Å². The summed E-state index contributed by atoms with van der Waals surface area (Å²) >= 11 is 6.43. The van der Waals surface area contributed by atoms with Crippen LogP contribution in [0.2, 0.25) is 5.02 Å². The zero-order chi connectivity index (χ0) is 32.8. The molecule has 3 aromatic rings. The fourth-order valence-electron chi connectivity index (χ4n) is 5.48. The van der Waals surface area contributed by atoms with Crippen molar-refractivity contribution in [1.29, 1.82) is 0 Å². The maximum absolute atomic E-state index is 14.2.